The van der Waals surface area contributed by atoms with Crippen LogP contribution < -0.4 is 10.6 Å². The number of carbonyl (C=O) groups excluding carboxylic acids is 2. The van der Waals surface area contributed by atoms with Gasteiger partial charge in [0, 0.05) is 23.2 Å². The SMILES string of the molecule is C=C[C@@H](C(=O)C1(N)N=C(c2ccccc2)c2cc(Cl)ccc2N(C)C1=O)[C@H](O)COCc1ccccc1. The number of benzodiazepines with no additional fused rings is 1. The Morgan fingerprint density at radius 2 is 1.81 bits per heavy atom. The molecule has 3 atom stereocenters. The number of rotatable bonds is 9. The summed E-state index contributed by atoms with van der Waals surface area (Å²) in [6.07, 6.45) is -0.0180. The minimum absolute atomic E-state index is 0.164. The van der Waals surface area contributed by atoms with Crippen LogP contribution in [0.3, 0.4) is 0 Å². The second kappa shape index (κ2) is 11.2. The maximum Gasteiger partial charge on any atom is 0.277 e. The number of Topliss-reactive ketones (excluding diaryl/α,β-unsaturated/α-hetero) is 1. The lowest BCUT2D eigenvalue weighted by molar-refractivity contribution is -0.138. The number of fused-ring (bicyclic) bond motifs is 1. The average Bonchev–Trinajstić information content (AvgIpc) is 2.99. The third kappa shape index (κ3) is 5.40. The van der Waals surface area contributed by atoms with Crippen molar-refractivity contribution in [2.45, 2.75) is 18.4 Å². The number of aliphatic imine (C=N–C) groups is 1. The summed E-state index contributed by atoms with van der Waals surface area (Å²) in [5, 5.41) is 11.3. The molecule has 0 fully saturated rings. The van der Waals surface area contributed by atoms with Crippen LogP contribution in [0.25, 0.3) is 0 Å². The molecule has 0 radical (unpaired) electrons. The van der Waals surface area contributed by atoms with E-state index in [1.807, 2.05) is 60.7 Å². The molecule has 37 heavy (non-hydrogen) atoms. The molecule has 0 saturated carbocycles. The van der Waals surface area contributed by atoms with Crippen molar-refractivity contribution in [1.82, 2.24) is 0 Å². The molecular weight excluding hydrogens is 490 g/mol. The fourth-order valence-electron chi connectivity index (χ4n) is 4.28. The second-order valence-corrected chi connectivity index (χ2v) is 9.25. The van der Waals surface area contributed by atoms with Crippen LogP contribution >= 0.6 is 11.6 Å². The van der Waals surface area contributed by atoms with Crippen molar-refractivity contribution in [3.8, 4) is 0 Å². The lowest BCUT2D eigenvalue weighted by atomic mass is 9.88. The largest absolute Gasteiger partial charge is 0.390 e. The van der Waals surface area contributed by atoms with Crippen LogP contribution in [0, 0.1) is 5.92 Å². The molecule has 1 amide bonds. The molecule has 1 aliphatic rings. The molecule has 8 heteroatoms. The summed E-state index contributed by atoms with van der Waals surface area (Å²) in [4.78, 5) is 33.4. The maximum atomic E-state index is 13.8. The molecule has 1 aliphatic heterocycles. The molecular formula is C29H28ClN3O4. The van der Waals surface area contributed by atoms with Crippen LogP contribution in [-0.4, -0.2) is 47.9 Å². The topological polar surface area (TPSA) is 105 Å². The first kappa shape index (κ1) is 26.4. The van der Waals surface area contributed by atoms with E-state index >= 15 is 0 Å². The Balaban J connectivity index is 1.70. The average molecular weight is 518 g/mol. The highest BCUT2D eigenvalue weighted by atomic mass is 35.5. The van der Waals surface area contributed by atoms with E-state index in [0.717, 1.165) is 5.56 Å². The Hall–Kier alpha value is -3.62. The number of amides is 1. The maximum absolute atomic E-state index is 13.8. The molecule has 4 rings (SSSR count). The normalized spacial score (nSPS) is 18.9. The molecule has 0 aliphatic carbocycles. The van der Waals surface area contributed by atoms with E-state index in [9.17, 15) is 14.7 Å². The van der Waals surface area contributed by atoms with Gasteiger partial charge in [-0.05, 0) is 23.8 Å². The van der Waals surface area contributed by atoms with Crippen molar-refractivity contribution in [2.75, 3.05) is 18.6 Å². The lowest BCUT2D eigenvalue weighted by Gasteiger charge is -2.30. The van der Waals surface area contributed by atoms with Gasteiger partial charge in [0.15, 0.2) is 5.78 Å². The second-order valence-electron chi connectivity index (χ2n) is 8.81. The van der Waals surface area contributed by atoms with Crippen molar-refractivity contribution in [2.24, 2.45) is 16.6 Å². The van der Waals surface area contributed by atoms with Gasteiger partial charge in [-0.1, -0.05) is 78.3 Å². The number of hydrogen-bond donors (Lipinski definition) is 2. The van der Waals surface area contributed by atoms with Crippen LogP contribution in [0.5, 0.6) is 0 Å². The van der Waals surface area contributed by atoms with Crippen LogP contribution in [0.4, 0.5) is 5.69 Å². The highest BCUT2D eigenvalue weighted by Crippen LogP contribution is 2.33. The van der Waals surface area contributed by atoms with Crippen molar-refractivity contribution in [3.05, 3.63) is 113 Å². The third-order valence-electron chi connectivity index (χ3n) is 6.29. The van der Waals surface area contributed by atoms with Gasteiger partial charge in [0.25, 0.3) is 5.91 Å². The smallest absolute Gasteiger partial charge is 0.277 e. The van der Waals surface area contributed by atoms with E-state index in [1.165, 1.54) is 18.0 Å². The molecule has 3 N–H and O–H groups in total. The summed E-state index contributed by atoms with van der Waals surface area (Å²) in [5.74, 6) is -2.73. The summed E-state index contributed by atoms with van der Waals surface area (Å²) in [7, 11) is 1.52. The van der Waals surface area contributed by atoms with Crippen LogP contribution in [0.1, 0.15) is 16.7 Å². The minimum Gasteiger partial charge on any atom is -0.390 e. The van der Waals surface area contributed by atoms with Gasteiger partial charge in [-0.25, -0.2) is 4.99 Å². The predicted octanol–water partition coefficient (Wildman–Crippen LogP) is 3.76. The number of ether oxygens (including phenoxy) is 1. The molecule has 1 unspecified atom stereocenters. The fraction of sp³-hybridized carbons (Fsp3) is 0.207. The zero-order valence-corrected chi connectivity index (χ0v) is 21.1. The summed E-state index contributed by atoms with van der Waals surface area (Å²) in [5.41, 5.74) is 7.18. The van der Waals surface area contributed by atoms with Crippen LogP contribution in [0.15, 0.2) is 96.5 Å². The summed E-state index contributed by atoms with van der Waals surface area (Å²) in [6.45, 7) is 3.79. The molecule has 0 bridgehead atoms. The number of anilines is 1. The Kier molecular flexibility index (Phi) is 8.00. The van der Waals surface area contributed by atoms with Gasteiger partial charge in [0.1, 0.15) is 0 Å². The summed E-state index contributed by atoms with van der Waals surface area (Å²) >= 11 is 6.29. The van der Waals surface area contributed by atoms with Gasteiger partial charge < -0.3 is 14.7 Å². The van der Waals surface area contributed by atoms with E-state index in [4.69, 9.17) is 22.1 Å². The summed E-state index contributed by atoms with van der Waals surface area (Å²) < 4.78 is 5.63. The number of nitrogens with two attached hydrogens (primary N) is 1. The van der Waals surface area contributed by atoms with Gasteiger partial charge in [-0.3, -0.25) is 15.3 Å². The van der Waals surface area contributed by atoms with Crippen molar-refractivity contribution in [1.29, 1.82) is 0 Å². The molecule has 1 heterocycles. The number of halogens is 1. The monoisotopic (exact) mass is 517 g/mol. The van der Waals surface area contributed by atoms with E-state index in [2.05, 4.69) is 11.6 Å². The van der Waals surface area contributed by atoms with E-state index < -0.39 is 29.4 Å². The van der Waals surface area contributed by atoms with E-state index in [1.54, 1.807) is 18.2 Å². The Bertz CT molecular complexity index is 1330. The quantitative estimate of drug-likeness (QED) is 0.332. The van der Waals surface area contributed by atoms with Gasteiger partial charge in [0.2, 0.25) is 5.66 Å². The molecule has 0 spiro atoms. The highest BCUT2D eigenvalue weighted by molar-refractivity contribution is 6.32. The first-order chi connectivity index (χ1) is 17.8. The number of aliphatic hydroxyl groups excluding tert-OH is 1. The van der Waals surface area contributed by atoms with Gasteiger partial charge in [-0.15, -0.1) is 6.58 Å². The number of nitrogens with zero attached hydrogens (tertiary/aromatic N) is 2. The first-order valence-electron chi connectivity index (χ1n) is 11.7. The van der Waals surface area contributed by atoms with Gasteiger partial charge in [-0.2, -0.15) is 0 Å². The zero-order chi connectivity index (χ0) is 26.6. The predicted molar refractivity (Wildman–Crippen MR) is 145 cm³/mol. The number of hydrogen-bond acceptors (Lipinski definition) is 6. The fourth-order valence-corrected chi connectivity index (χ4v) is 4.46. The first-order valence-corrected chi connectivity index (χ1v) is 12.1. The Labute approximate surface area is 220 Å². The number of ketones is 1. The standard InChI is InChI=1S/C29H28ClN3O4/c1-3-22(25(34)18-37-17-19-10-6-4-7-11-19)27(35)29(31)28(36)33(2)24-15-14-21(30)16-23(24)26(32-29)20-12-8-5-9-13-20/h3-16,22,25,34H,1,17-18,31H2,2H3/t22-,25-,29?/m1/s1. The van der Waals surface area contributed by atoms with Gasteiger partial charge in [0.05, 0.1) is 36.6 Å². The van der Waals surface area contributed by atoms with Crippen molar-refractivity contribution >= 4 is 34.7 Å². The number of carbonyl (C=O) groups is 2. The molecule has 190 valence electrons. The molecule has 3 aromatic rings. The highest BCUT2D eigenvalue weighted by Gasteiger charge is 2.50. The van der Waals surface area contributed by atoms with Crippen molar-refractivity contribution in [3.63, 3.8) is 0 Å². The van der Waals surface area contributed by atoms with E-state index in [-0.39, 0.29) is 13.2 Å². The van der Waals surface area contributed by atoms with Crippen LogP contribution in [0.2, 0.25) is 5.02 Å². The van der Waals surface area contributed by atoms with Gasteiger partial charge >= 0.3 is 0 Å². The Morgan fingerprint density at radius 1 is 1.16 bits per heavy atom. The van der Waals surface area contributed by atoms with Crippen molar-refractivity contribution < 1.29 is 19.4 Å². The third-order valence-corrected chi connectivity index (χ3v) is 6.52. The zero-order valence-electron chi connectivity index (χ0n) is 20.4. The summed E-state index contributed by atoms with van der Waals surface area (Å²) in [6, 6.07) is 23.5. The minimum atomic E-state index is -2.33. The number of benzene rings is 3. The number of aliphatic hydroxyl groups is 1. The molecule has 7 nitrogen and oxygen atoms in total. The Morgan fingerprint density at radius 3 is 2.46 bits per heavy atom. The molecule has 0 aromatic heterocycles. The lowest BCUT2D eigenvalue weighted by Crippen LogP contribution is -2.61. The van der Waals surface area contributed by atoms with Crippen LogP contribution in [-0.2, 0) is 20.9 Å². The molecule has 3 aromatic carbocycles. The molecule has 0 saturated heterocycles. The number of likely N-dealkylation sites (N-methyl/N-ethyl adjacent to an activating group) is 1. The van der Waals surface area contributed by atoms with E-state index in [0.29, 0.717) is 27.5 Å².